The SMILES string of the molecule is CN(CC1CCCN1C)C(=O)c1ccc(Cl)cc1N. The lowest BCUT2D eigenvalue weighted by Crippen LogP contribution is -2.39. The van der Waals surface area contributed by atoms with Crippen molar-refractivity contribution < 1.29 is 4.79 Å². The fraction of sp³-hybridized carbons (Fsp3) is 0.500. The molecule has 1 aromatic rings. The zero-order valence-electron chi connectivity index (χ0n) is 11.4. The third-order valence-corrected chi connectivity index (χ3v) is 3.98. The number of anilines is 1. The number of likely N-dealkylation sites (N-methyl/N-ethyl adjacent to an activating group) is 2. The Morgan fingerprint density at radius 2 is 2.32 bits per heavy atom. The molecule has 1 amide bonds. The molecule has 0 radical (unpaired) electrons. The Labute approximate surface area is 119 Å². The quantitative estimate of drug-likeness (QED) is 0.863. The minimum atomic E-state index is -0.0468. The normalized spacial score (nSPS) is 19.6. The first kappa shape index (κ1) is 14.2. The molecule has 1 saturated heterocycles. The minimum Gasteiger partial charge on any atom is -0.398 e. The lowest BCUT2D eigenvalue weighted by atomic mass is 10.1. The zero-order chi connectivity index (χ0) is 14.0. The van der Waals surface area contributed by atoms with Crippen LogP contribution in [-0.4, -0.2) is 48.9 Å². The van der Waals surface area contributed by atoms with Crippen molar-refractivity contribution in [1.82, 2.24) is 9.80 Å². The van der Waals surface area contributed by atoms with Crippen LogP contribution in [-0.2, 0) is 0 Å². The second-order valence-electron chi connectivity index (χ2n) is 5.19. The van der Waals surface area contributed by atoms with Crippen LogP contribution in [0.25, 0.3) is 0 Å². The first-order valence-electron chi connectivity index (χ1n) is 6.50. The molecule has 104 valence electrons. The van der Waals surface area contributed by atoms with Gasteiger partial charge in [-0.1, -0.05) is 11.6 Å². The third-order valence-electron chi connectivity index (χ3n) is 3.75. The molecule has 0 aliphatic carbocycles. The number of nitrogens with zero attached hydrogens (tertiary/aromatic N) is 2. The van der Waals surface area contributed by atoms with Gasteiger partial charge in [0.2, 0.25) is 0 Å². The van der Waals surface area contributed by atoms with Crippen molar-refractivity contribution in [3.8, 4) is 0 Å². The molecular weight excluding hydrogens is 262 g/mol. The van der Waals surface area contributed by atoms with Crippen LogP contribution < -0.4 is 5.73 Å². The highest BCUT2D eigenvalue weighted by molar-refractivity contribution is 6.31. The van der Waals surface area contributed by atoms with Crippen LogP contribution in [0.2, 0.25) is 5.02 Å². The molecule has 0 aromatic heterocycles. The Balaban J connectivity index is 2.06. The Bertz CT molecular complexity index is 478. The lowest BCUT2D eigenvalue weighted by Gasteiger charge is -2.26. The van der Waals surface area contributed by atoms with Crippen LogP contribution in [0, 0.1) is 0 Å². The van der Waals surface area contributed by atoms with Crippen LogP contribution in [0.5, 0.6) is 0 Å². The van der Waals surface area contributed by atoms with Crippen LogP contribution in [0.4, 0.5) is 5.69 Å². The van der Waals surface area contributed by atoms with Gasteiger partial charge in [-0.3, -0.25) is 4.79 Å². The van der Waals surface area contributed by atoms with Gasteiger partial charge < -0.3 is 15.5 Å². The summed E-state index contributed by atoms with van der Waals surface area (Å²) in [5.41, 5.74) is 6.81. The van der Waals surface area contributed by atoms with Gasteiger partial charge in [0.05, 0.1) is 5.56 Å². The number of halogens is 1. The second kappa shape index (κ2) is 5.80. The molecule has 2 N–H and O–H groups in total. The van der Waals surface area contributed by atoms with Gasteiger partial charge in [0.25, 0.3) is 5.91 Å². The van der Waals surface area contributed by atoms with Crippen LogP contribution >= 0.6 is 11.6 Å². The van der Waals surface area contributed by atoms with E-state index < -0.39 is 0 Å². The van der Waals surface area contributed by atoms with Crippen LogP contribution in [0.15, 0.2) is 18.2 Å². The van der Waals surface area contributed by atoms with Gasteiger partial charge >= 0.3 is 0 Å². The number of benzene rings is 1. The van der Waals surface area contributed by atoms with Gasteiger partial charge in [-0.15, -0.1) is 0 Å². The van der Waals surface area contributed by atoms with Crippen LogP contribution in [0.3, 0.4) is 0 Å². The molecule has 1 aromatic carbocycles. The molecule has 5 heteroatoms. The molecule has 4 nitrogen and oxygen atoms in total. The molecule has 19 heavy (non-hydrogen) atoms. The van der Waals surface area contributed by atoms with E-state index in [1.807, 2.05) is 7.05 Å². The molecule has 0 bridgehead atoms. The zero-order valence-corrected chi connectivity index (χ0v) is 12.2. The minimum absolute atomic E-state index is 0.0468. The summed E-state index contributed by atoms with van der Waals surface area (Å²) in [5.74, 6) is -0.0468. The predicted molar refractivity (Wildman–Crippen MR) is 78.5 cm³/mol. The predicted octanol–water partition coefficient (Wildman–Crippen LogP) is 2.09. The van der Waals surface area contributed by atoms with Gasteiger partial charge in [0.15, 0.2) is 0 Å². The number of amides is 1. The fourth-order valence-electron chi connectivity index (χ4n) is 2.54. The number of hydrogen-bond acceptors (Lipinski definition) is 3. The largest absolute Gasteiger partial charge is 0.398 e. The second-order valence-corrected chi connectivity index (χ2v) is 5.63. The van der Waals surface area contributed by atoms with E-state index in [0.717, 1.165) is 19.5 Å². The highest BCUT2D eigenvalue weighted by Gasteiger charge is 2.24. The van der Waals surface area contributed by atoms with E-state index in [9.17, 15) is 4.79 Å². The number of rotatable bonds is 3. The molecular formula is C14H20ClN3O. The van der Waals surface area contributed by atoms with Crippen molar-refractivity contribution in [3.05, 3.63) is 28.8 Å². The van der Waals surface area contributed by atoms with Crippen molar-refractivity contribution in [3.63, 3.8) is 0 Å². The van der Waals surface area contributed by atoms with E-state index in [4.69, 9.17) is 17.3 Å². The summed E-state index contributed by atoms with van der Waals surface area (Å²) in [6.07, 6.45) is 2.34. The third kappa shape index (κ3) is 3.19. The van der Waals surface area contributed by atoms with Gasteiger partial charge in [0, 0.05) is 30.3 Å². The average Bonchev–Trinajstić information content (AvgIpc) is 2.74. The maximum Gasteiger partial charge on any atom is 0.255 e. The standard InChI is InChI=1S/C14H20ClN3O/c1-17-7-3-4-11(17)9-18(2)14(19)12-6-5-10(15)8-13(12)16/h5-6,8,11H,3-4,7,9,16H2,1-2H3. The van der Waals surface area contributed by atoms with E-state index in [1.54, 1.807) is 23.1 Å². The fourth-order valence-corrected chi connectivity index (χ4v) is 2.72. The number of carbonyl (C=O) groups excluding carboxylic acids is 1. The average molecular weight is 282 g/mol. The number of likely N-dealkylation sites (tertiary alicyclic amines) is 1. The summed E-state index contributed by atoms with van der Waals surface area (Å²) in [6.45, 7) is 1.84. The maximum atomic E-state index is 12.4. The topological polar surface area (TPSA) is 49.6 Å². The Hall–Kier alpha value is -1.26. The summed E-state index contributed by atoms with van der Waals surface area (Å²) >= 11 is 5.85. The molecule has 2 rings (SSSR count). The van der Waals surface area contributed by atoms with E-state index in [0.29, 0.717) is 22.3 Å². The lowest BCUT2D eigenvalue weighted by molar-refractivity contribution is 0.0762. The molecule has 1 fully saturated rings. The van der Waals surface area contributed by atoms with E-state index >= 15 is 0 Å². The first-order chi connectivity index (χ1) is 8.99. The van der Waals surface area contributed by atoms with Crippen molar-refractivity contribution in [2.75, 3.05) is 32.9 Å². The molecule has 0 spiro atoms. The Morgan fingerprint density at radius 1 is 1.58 bits per heavy atom. The highest BCUT2D eigenvalue weighted by atomic mass is 35.5. The van der Waals surface area contributed by atoms with Crippen molar-refractivity contribution in [2.24, 2.45) is 0 Å². The molecule has 1 heterocycles. The molecule has 1 atom stereocenters. The number of carbonyl (C=O) groups is 1. The monoisotopic (exact) mass is 281 g/mol. The summed E-state index contributed by atoms with van der Waals surface area (Å²) in [5, 5.41) is 0.548. The summed E-state index contributed by atoms with van der Waals surface area (Å²) in [7, 11) is 3.93. The molecule has 1 aliphatic heterocycles. The Kier molecular flexibility index (Phi) is 4.32. The van der Waals surface area contributed by atoms with Gasteiger partial charge in [-0.05, 0) is 44.6 Å². The van der Waals surface area contributed by atoms with E-state index in [2.05, 4.69) is 11.9 Å². The Morgan fingerprint density at radius 3 is 2.89 bits per heavy atom. The van der Waals surface area contributed by atoms with Gasteiger partial charge in [-0.2, -0.15) is 0 Å². The first-order valence-corrected chi connectivity index (χ1v) is 6.87. The van der Waals surface area contributed by atoms with Crippen molar-refractivity contribution >= 4 is 23.2 Å². The number of hydrogen-bond donors (Lipinski definition) is 1. The molecule has 1 unspecified atom stereocenters. The summed E-state index contributed by atoms with van der Waals surface area (Å²) in [4.78, 5) is 16.4. The van der Waals surface area contributed by atoms with Gasteiger partial charge in [-0.25, -0.2) is 0 Å². The maximum absolute atomic E-state index is 12.4. The molecule has 1 aliphatic rings. The van der Waals surface area contributed by atoms with Gasteiger partial charge in [0.1, 0.15) is 0 Å². The number of nitrogen functional groups attached to an aromatic ring is 1. The van der Waals surface area contributed by atoms with E-state index in [1.165, 1.54) is 6.42 Å². The number of nitrogens with two attached hydrogens (primary N) is 1. The van der Waals surface area contributed by atoms with Crippen LogP contribution in [0.1, 0.15) is 23.2 Å². The summed E-state index contributed by atoms with van der Waals surface area (Å²) < 4.78 is 0. The smallest absolute Gasteiger partial charge is 0.255 e. The van der Waals surface area contributed by atoms with Crippen molar-refractivity contribution in [2.45, 2.75) is 18.9 Å². The van der Waals surface area contributed by atoms with Crippen molar-refractivity contribution in [1.29, 1.82) is 0 Å². The highest BCUT2D eigenvalue weighted by Crippen LogP contribution is 2.21. The van der Waals surface area contributed by atoms with E-state index in [-0.39, 0.29) is 5.91 Å². The summed E-state index contributed by atoms with van der Waals surface area (Å²) in [6, 6.07) is 5.45. The molecule has 0 saturated carbocycles.